The fraction of sp³-hybridized carbons (Fsp3) is 0.316. The average Bonchev–Trinajstić information content (AvgIpc) is 2.64. The van der Waals surface area contributed by atoms with E-state index in [0.717, 1.165) is 42.6 Å². The molecule has 0 radical (unpaired) electrons. The Morgan fingerprint density at radius 1 is 1.20 bits per heavy atom. The molecule has 0 spiro atoms. The Kier molecular flexibility index (Phi) is 6.24. The number of anilines is 2. The first-order chi connectivity index (χ1) is 12.1. The molecule has 6 heteroatoms. The van der Waals surface area contributed by atoms with Crippen LogP contribution >= 0.6 is 23.4 Å². The van der Waals surface area contributed by atoms with Crippen molar-refractivity contribution in [3.63, 3.8) is 0 Å². The number of nitrogens with one attached hydrogen (secondary N) is 1. The van der Waals surface area contributed by atoms with E-state index in [2.05, 4.69) is 16.3 Å². The zero-order valence-corrected chi connectivity index (χ0v) is 15.6. The van der Waals surface area contributed by atoms with E-state index < -0.39 is 0 Å². The van der Waals surface area contributed by atoms with Crippen molar-refractivity contribution in [3.8, 4) is 0 Å². The van der Waals surface area contributed by atoms with E-state index in [1.807, 2.05) is 49.4 Å². The van der Waals surface area contributed by atoms with Crippen LogP contribution in [0.15, 0.2) is 53.4 Å². The molecule has 0 bridgehead atoms. The standard InChI is InChI=1S/C19H21ClN2O2S/c1-14(25-18-7-5-15(20)6-8-18)19(23)21-16-3-2-4-17(13-16)22-9-11-24-12-10-22/h2-8,13-14H,9-12H2,1H3,(H,21,23). The fourth-order valence-corrected chi connectivity index (χ4v) is 3.61. The Hall–Kier alpha value is -1.69. The molecule has 0 aromatic heterocycles. The number of thioether (sulfide) groups is 1. The van der Waals surface area contributed by atoms with Gasteiger partial charge in [-0.05, 0) is 49.4 Å². The minimum absolute atomic E-state index is 0.0147. The molecule has 2 aromatic carbocycles. The first-order valence-electron chi connectivity index (χ1n) is 8.28. The lowest BCUT2D eigenvalue weighted by Crippen LogP contribution is -2.36. The van der Waals surface area contributed by atoms with Gasteiger partial charge in [0.2, 0.25) is 5.91 Å². The minimum atomic E-state index is -0.201. The lowest BCUT2D eigenvalue weighted by Gasteiger charge is -2.29. The Morgan fingerprint density at radius 3 is 2.64 bits per heavy atom. The molecule has 1 atom stereocenters. The average molecular weight is 377 g/mol. The lowest BCUT2D eigenvalue weighted by atomic mass is 10.2. The first-order valence-corrected chi connectivity index (χ1v) is 9.53. The van der Waals surface area contributed by atoms with Crippen molar-refractivity contribution in [1.82, 2.24) is 0 Å². The van der Waals surface area contributed by atoms with Crippen LogP contribution in [0.25, 0.3) is 0 Å². The molecule has 1 heterocycles. The van der Waals surface area contributed by atoms with Gasteiger partial charge in [-0.2, -0.15) is 0 Å². The van der Waals surface area contributed by atoms with Crippen LogP contribution in [0, 0.1) is 0 Å². The molecule has 1 aliphatic heterocycles. The van der Waals surface area contributed by atoms with Gasteiger partial charge in [0.25, 0.3) is 0 Å². The molecule has 1 N–H and O–H groups in total. The van der Waals surface area contributed by atoms with Gasteiger partial charge in [0.15, 0.2) is 0 Å². The third kappa shape index (κ3) is 5.14. The summed E-state index contributed by atoms with van der Waals surface area (Å²) in [6, 6.07) is 15.5. The van der Waals surface area contributed by atoms with Crippen molar-refractivity contribution in [1.29, 1.82) is 0 Å². The normalized spacial score (nSPS) is 15.7. The molecular weight excluding hydrogens is 356 g/mol. The zero-order chi connectivity index (χ0) is 17.6. The smallest absolute Gasteiger partial charge is 0.237 e. The fourth-order valence-electron chi connectivity index (χ4n) is 2.62. The van der Waals surface area contributed by atoms with E-state index in [9.17, 15) is 4.79 Å². The van der Waals surface area contributed by atoms with Crippen molar-refractivity contribution in [2.75, 3.05) is 36.5 Å². The number of hydrogen-bond donors (Lipinski definition) is 1. The zero-order valence-electron chi connectivity index (χ0n) is 14.1. The van der Waals surface area contributed by atoms with Gasteiger partial charge in [0.1, 0.15) is 0 Å². The SMILES string of the molecule is CC(Sc1ccc(Cl)cc1)C(=O)Nc1cccc(N2CCOCC2)c1. The van der Waals surface area contributed by atoms with Crippen molar-refractivity contribution < 1.29 is 9.53 Å². The highest BCUT2D eigenvalue weighted by Gasteiger charge is 2.16. The highest BCUT2D eigenvalue weighted by atomic mass is 35.5. The van der Waals surface area contributed by atoms with Crippen LogP contribution in [0.3, 0.4) is 0 Å². The van der Waals surface area contributed by atoms with Crippen molar-refractivity contribution in [2.24, 2.45) is 0 Å². The maximum atomic E-state index is 12.5. The summed E-state index contributed by atoms with van der Waals surface area (Å²) in [7, 11) is 0. The number of carbonyl (C=O) groups excluding carboxylic acids is 1. The molecule has 1 amide bonds. The molecule has 0 saturated carbocycles. The predicted octanol–water partition coefficient (Wildman–Crippen LogP) is 4.30. The van der Waals surface area contributed by atoms with Gasteiger partial charge >= 0.3 is 0 Å². The molecule has 1 saturated heterocycles. The number of carbonyl (C=O) groups is 1. The van der Waals surface area contributed by atoms with E-state index in [0.29, 0.717) is 5.02 Å². The summed E-state index contributed by atoms with van der Waals surface area (Å²) >= 11 is 7.41. The van der Waals surface area contributed by atoms with E-state index in [1.54, 1.807) is 0 Å². The summed E-state index contributed by atoms with van der Waals surface area (Å²) in [6.45, 7) is 5.14. The largest absolute Gasteiger partial charge is 0.378 e. The number of halogens is 1. The van der Waals surface area contributed by atoms with Crippen LogP contribution in [-0.2, 0) is 9.53 Å². The predicted molar refractivity (Wildman–Crippen MR) is 105 cm³/mol. The van der Waals surface area contributed by atoms with E-state index >= 15 is 0 Å². The summed E-state index contributed by atoms with van der Waals surface area (Å²) in [4.78, 5) is 15.8. The van der Waals surface area contributed by atoms with Gasteiger partial charge < -0.3 is 15.0 Å². The summed E-state index contributed by atoms with van der Waals surface area (Å²) in [5, 5.41) is 3.50. The topological polar surface area (TPSA) is 41.6 Å². The number of rotatable bonds is 5. The second kappa shape index (κ2) is 8.61. The lowest BCUT2D eigenvalue weighted by molar-refractivity contribution is -0.115. The Balaban J connectivity index is 1.60. The van der Waals surface area contributed by atoms with Crippen LogP contribution in [-0.4, -0.2) is 37.5 Å². The van der Waals surface area contributed by atoms with E-state index in [-0.39, 0.29) is 11.2 Å². The molecule has 0 aliphatic carbocycles. The summed E-state index contributed by atoms with van der Waals surface area (Å²) < 4.78 is 5.39. The number of nitrogens with zero attached hydrogens (tertiary/aromatic N) is 1. The molecule has 3 rings (SSSR count). The highest BCUT2D eigenvalue weighted by molar-refractivity contribution is 8.00. The van der Waals surface area contributed by atoms with Gasteiger partial charge in [-0.25, -0.2) is 0 Å². The number of ether oxygens (including phenoxy) is 1. The summed E-state index contributed by atoms with van der Waals surface area (Å²) in [6.07, 6.45) is 0. The number of amides is 1. The van der Waals surface area contributed by atoms with Crippen LogP contribution in [0.1, 0.15) is 6.92 Å². The molecule has 132 valence electrons. The van der Waals surface area contributed by atoms with Crippen LogP contribution in [0.4, 0.5) is 11.4 Å². The monoisotopic (exact) mass is 376 g/mol. The second-order valence-corrected chi connectivity index (χ2v) is 7.70. The molecular formula is C19H21ClN2O2S. The van der Waals surface area contributed by atoms with E-state index in [4.69, 9.17) is 16.3 Å². The Labute approximate surface area is 157 Å². The summed E-state index contributed by atoms with van der Waals surface area (Å²) in [5.74, 6) is -0.0147. The third-order valence-corrected chi connectivity index (χ3v) is 5.35. The molecule has 4 nitrogen and oxygen atoms in total. The third-order valence-electron chi connectivity index (χ3n) is 3.99. The van der Waals surface area contributed by atoms with Gasteiger partial charge in [-0.1, -0.05) is 17.7 Å². The van der Waals surface area contributed by atoms with Crippen molar-refractivity contribution in [3.05, 3.63) is 53.6 Å². The van der Waals surface area contributed by atoms with Crippen LogP contribution in [0.2, 0.25) is 5.02 Å². The summed E-state index contributed by atoms with van der Waals surface area (Å²) in [5.41, 5.74) is 1.93. The molecule has 25 heavy (non-hydrogen) atoms. The maximum Gasteiger partial charge on any atom is 0.237 e. The van der Waals surface area contributed by atoms with Crippen molar-refractivity contribution in [2.45, 2.75) is 17.1 Å². The van der Waals surface area contributed by atoms with E-state index in [1.165, 1.54) is 11.8 Å². The van der Waals surface area contributed by atoms with Gasteiger partial charge in [-0.3, -0.25) is 4.79 Å². The van der Waals surface area contributed by atoms with Gasteiger partial charge in [-0.15, -0.1) is 11.8 Å². The molecule has 1 unspecified atom stereocenters. The first kappa shape index (κ1) is 18.1. The second-order valence-electron chi connectivity index (χ2n) is 5.85. The van der Waals surface area contributed by atoms with Crippen LogP contribution < -0.4 is 10.2 Å². The number of hydrogen-bond acceptors (Lipinski definition) is 4. The number of benzene rings is 2. The van der Waals surface area contributed by atoms with Crippen molar-refractivity contribution >= 4 is 40.6 Å². The van der Waals surface area contributed by atoms with Crippen LogP contribution in [0.5, 0.6) is 0 Å². The van der Waals surface area contributed by atoms with Gasteiger partial charge in [0.05, 0.1) is 18.5 Å². The molecule has 2 aromatic rings. The maximum absolute atomic E-state index is 12.5. The highest BCUT2D eigenvalue weighted by Crippen LogP contribution is 2.26. The van der Waals surface area contributed by atoms with Gasteiger partial charge in [0, 0.05) is 34.4 Å². The molecule has 1 aliphatic rings. The Morgan fingerprint density at radius 2 is 1.92 bits per heavy atom. The minimum Gasteiger partial charge on any atom is -0.378 e. The molecule has 1 fully saturated rings. The Bertz CT molecular complexity index is 718. The number of morpholine rings is 1. The quantitative estimate of drug-likeness (QED) is 0.790.